The molecule has 1 amide bonds. The Bertz CT molecular complexity index is 983. The first-order valence-corrected chi connectivity index (χ1v) is 7.57. The van der Waals surface area contributed by atoms with Gasteiger partial charge in [-0.05, 0) is 53.7 Å². The van der Waals surface area contributed by atoms with Gasteiger partial charge < -0.3 is 15.2 Å². The van der Waals surface area contributed by atoms with Crippen molar-refractivity contribution in [1.29, 1.82) is 0 Å². The summed E-state index contributed by atoms with van der Waals surface area (Å²) in [5.41, 5.74) is 1.34. The summed E-state index contributed by atoms with van der Waals surface area (Å²) in [6, 6.07) is 11.1. The van der Waals surface area contributed by atoms with Gasteiger partial charge >= 0.3 is 5.97 Å². The van der Waals surface area contributed by atoms with E-state index in [1.54, 1.807) is 31.2 Å². The third-order valence-corrected chi connectivity index (χ3v) is 3.63. The molecule has 132 valence electrons. The number of amides is 1. The molecule has 0 aliphatic heterocycles. The molecule has 0 spiro atoms. The predicted molar refractivity (Wildman–Crippen MR) is 91.8 cm³/mol. The number of hydrogen-bond acceptors (Lipinski definition) is 6. The van der Waals surface area contributed by atoms with Gasteiger partial charge in [0.25, 0.3) is 5.91 Å². The number of carbonyl (C=O) groups excluding carboxylic acids is 1. The normalized spacial score (nSPS) is 10.4. The number of hydrogen-bond donors (Lipinski definition) is 2. The van der Waals surface area contributed by atoms with Gasteiger partial charge in [0, 0.05) is 11.3 Å². The molecule has 9 heteroatoms. The number of carbonyl (C=O) groups is 2. The second-order valence-corrected chi connectivity index (χ2v) is 5.40. The topological polar surface area (TPSA) is 119 Å². The summed E-state index contributed by atoms with van der Waals surface area (Å²) in [6.07, 6.45) is 0. The van der Waals surface area contributed by atoms with Gasteiger partial charge in [0.15, 0.2) is 5.82 Å². The molecule has 0 fully saturated rings. The molecule has 0 radical (unpaired) electrons. The lowest BCUT2D eigenvalue weighted by Gasteiger charge is -2.09. The molecule has 2 aromatic carbocycles. The zero-order chi connectivity index (χ0) is 18.7. The van der Waals surface area contributed by atoms with Crippen molar-refractivity contribution in [2.24, 2.45) is 0 Å². The number of methoxy groups -OCH3 is 1. The number of nitrogens with zero attached hydrogens (tertiary/aromatic N) is 4. The van der Waals surface area contributed by atoms with Crippen molar-refractivity contribution < 1.29 is 19.4 Å². The second kappa shape index (κ2) is 7.01. The van der Waals surface area contributed by atoms with Gasteiger partial charge in [-0.1, -0.05) is 6.07 Å². The maximum atomic E-state index is 12.5. The van der Waals surface area contributed by atoms with Crippen LogP contribution in [0.4, 0.5) is 5.69 Å². The van der Waals surface area contributed by atoms with Crippen LogP contribution in [0.3, 0.4) is 0 Å². The van der Waals surface area contributed by atoms with Crippen LogP contribution in [0.5, 0.6) is 5.75 Å². The summed E-state index contributed by atoms with van der Waals surface area (Å²) in [5.74, 6) is -0.716. The van der Waals surface area contributed by atoms with Crippen LogP contribution in [0, 0.1) is 6.92 Å². The summed E-state index contributed by atoms with van der Waals surface area (Å²) in [5, 5.41) is 23.2. The minimum absolute atomic E-state index is 0.0347. The summed E-state index contributed by atoms with van der Waals surface area (Å²) in [4.78, 5) is 23.7. The van der Waals surface area contributed by atoms with Gasteiger partial charge in [-0.3, -0.25) is 4.79 Å². The quantitative estimate of drug-likeness (QED) is 0.719. The minimum Gasteiger partial charge on any atom is -0.497 e. The standard InChI is InChI=1S/C17H15N5O4/c1-10-19-20-21-22(10)14-5-3-4-13(9-14)18-16(23)11-6-12(17(24)25)8-15(7-11)26-2/h3-9H,1-2H3,(H,18,23)(H,24,25). The van der Waals surface area contributed by atoms with Gasteiger partial charge in [0.05, 0.1) is 18.4 Å². The molecule has 1 aromatic heterocycles. The van der Waals surface area contributed by atoms with E-state index in [-0.39, 0.29) is 16.9 Å². The highest BCUT2D eigenvalue weighted by molar-refractivity contribution is 6.06. The van der Waals surface area contributed by atoms with Crippen LogP contribution < -0.4 is 10.1 Å². The number of aryl methyl sites for hydroxylation is 1. The molecule has 0 aliphatic carbocycles. The van der Waals surface area contributed by atoms with Crippen LogP contribution in [-0.4, -0.2) is 44.3 Å². The zero-order valence-corrected chi connectivity index (χ0v) is 14.0. The Labute approximate surface area is 148 Å². The Morgan fingerprint density at radius 1 is 1.15 bits per heavy atom. The van der Waals surface area contributed by atoms with Gasteiger partial charge in [0.1, 0.15) is 5.75 Å². The van der Waals surface area contributed by atoms with E-state index < -0.39 is 11.9 Å². The lowest BCUT2D eigenvalue weighted by molar-refractivity contribution is 0.0696. The highest BCUT2D eigenvalue weighted by Gasteiger charge is 2.14. The number of aromatic carboxylic acids is 1. The fraction of sp³-hybridized carbons (Fsp3) is 0.118. The number of rotatable bonds is 5. The number of aromatic nitrogens is 4. The second-order valence-electron chi connectivity index (χ2n) is 5.40. The number of benzene rings is 2. The van der Waals surface area contributed by atoms with Crippen LogP contribution in [0.2, 0.25) is 0 Å². The molecule has 9 nitrogen and oxygen atoms in total. The molecular formula is C17H15N5O4. The average molecular weight is 353 g/mol. The SMILES string of the molecule is COc1cc(C(=O)O)cc(C(=O)Nc2cccc(-n3nnnc3C)c2)c1. The number of nitrogens with one attached hydrogen (secondary N) is 1. The maximum Gasteiger partial charge on any atom is 0.335 e. The smallest absolute Gasteiger partial charge is 0.335 e. The van der Waals surface area contributed by atoms with E-state index >= 15 is 0 Å². The Morgan fingerprint density at radius 2 is 1.92 bits per heavy atom. The Kier molecular flexibility index (Phi) is 4.61. The van der Waals surface area contributed by atoms with E-state index in [9.17, 15) is 9.59 Å². The zero-order valence-electron chi connectivity index (χ0n) is 14.0. The summed E-state index contributed by atoms with van der Waals surface area (Å²) in [7, 11) is 1.40. The van der Waals surface area contributed by atoms with E-state index in [2.05, 4.69) is 20.8 Å². The molecule has 0 saturated carbocycles. The largest absolute Gasteiger partial charge is 0.497 e. The number of carboxylic acids is 1. The molecule has 0 atom stereocenters. The van der Waals surface area contributed by atoms with Gasteiger partial charge in [0.2, 0.25) is 0 Å². The highest BCUT2D eigenvalue weighted by atomic mass is 16.5. The number of carboxylic acid groups (broad SMARTS) is 1. The predicted octanol–water partition coefficient (Wildman–Crippen LogP) is 1.93. The third-order valence-electron chi connectivity index (χ3n) is 3.63. The lowest BCUT2D eigenvalue weighted by atomic mass is 10.1. The van der Waals surface area contributed by atoms with Crippen molar-refractivity contribution in [1.82, 2.24) is 20.2 Å². The molecule has 0 unspecified atom stereocenters. The molecular weight excluding hydrogens is 338 g/mol. The van der Waals surface area contributed by atoms with Crippen LogP contribution in [0.1, 0.15) is 26.5 Å². The summed E-state index contributed by atoms with van der Waals surface area (Å²) < 4.78 is 6.59. The van der Waals surface area contributed by atoms with Crippen molar-refractivity contribution in [3.05, 3.63) is 59.4 Å². The first-order chi connectivity index (χ1) is 12.5. The van der Waals surface area contributed by atoms with Crippen molar-refractivity contribution in [2.75, 3.05) is 12.4 Å². The first kappa shape index (κ1) is 17.1. The number of ether oxygens (including phenoxy) is 1. The highest BCUT2D eigenvalue weighted by Crippen LogP contribution is 2.20. The lowest BCUT2D eigenvalue weighted by Crippen LogP contribution is -2.13. The summed E-state index contributed by atoms with van der Waals surface area (Å²) >= 11 is 0. The summed E-state index contributed by atoms with van der Waals surface area (Å²) in [6.45, 7) is 1.76. The van der Waals surface area contributed by atoms with E-state index in [4.69, 9.17) is 9.84 Å². The van der Waals surface area contributed by atoms with E-state index in [1.807, 2.05) is 0 Å². The van der Waals surface area contributed by atoms with Crippen molar-refractivity contribution >= 4 is 17.6 Å². The minimum atomic E-state index is -1.14. The number of tetrazole rings is 1. The molecule has 0 bridgehead atoms. The molecule has 26 heavy (non-hydrogen) atoms. The van der Waals surface area contributed by atoms with Crippen molar-refractivity contribution in [3.8, 4) is 11.4 Å². The monoisotopic (exact) mass is 353 g/mol. The molecule has 3 rings (SSSR count). The van der Waals surface area contributed by atoms with Gasteiger partial charge in [-0.25, -0.2) is 4.79 Å². The Morgan fingerprint density at radius 3 is 2.58 bits per heavy atom. The van der Waals surface area contributed by atoms with Crippen LogP contribution >= 0.6 is 0 Å². The fourth-order valence-electron chi connectivity index (χ4n) is 2.36. The average Bonchev–Trinajstić information content (AvgIpc) is 3.07. The maximum absolute atomic E-state index is 12.5. The molecule has 0 saturated heterocycles. The number of anilines is 1. The van der Waals surface area contributed by atoms with E-state index in [0.29, 0.717) is 17.2 Å². The van der Waals surface area contributed by atoms with Crippen molar-refractivity contribution in [2.45, 2.75) is 6.92 Å². The van der Waals surface area contributed by atoms with Gasteiger partial charge in [-0.15, -0.1) is 5.10 Å². The Hall–Kier alpha value is -3.75. The molecule has 1 heterocycles. The van der Waals surface area contributed by atoms with Crippen LogP contribution in [0.15, 0.2) is 42.5 Å². The first-order valence-electron chi connectivity index (χ1n) is 7.57. The molecule has 3 aromatic rings. The molecule has 0 aliphatic rings. The van der Waals surface area contributed by atoms with E-state index in [1.165, 1.54) is 30.0 Å². The van der Waals surface area contributed by atoms with Gasteiger partial charge in [-0.2, -0.15) is 4.68 Å². The van der Waals surface area contributed by atoms with Crippen LogP contribution in [-0.2, 0) is 0 Å². The van der Waals surface area contributed by atoms with Crippen molar-refractivity contribution in [3.63, 3.8) is 0 Å². The third kappa shape index (κ3) is 3.51. The Balaban J connectivity index is 1.88. The fourth-order valence-corrected chi connectivity index (χ4v) is 2.36. The van der Waals surface area contributed by atoms with E-state index in [0.717, 1.165) is 0 Å². The molecule has 2 N–H and O–H groups in total. The van der Waals surface area contributed by atoms with Crippen LogP contribution in [0.25, 0.3) is 5.69 Å².